The number of rotatable bonds is 5. The van der Waals surface area contributed by atoms with Crippen LogP contribution in [0.3, 0.4) is 0 Å². The third-order valence-electron chi connectivity index (χ3n) is 4.01. The number of nitrogens with zero attached hydrogens (tertiary/aromatic N) is 4. The van der Waals surface area contributed by atoms with Gasteiger partial charge in [0.05, 0.1) is 22.0 Å². The van der Waals surface area contributed by atoms with E-state index in [4.69, 9.17) is 10.5 Å². The van der Waals surface area contributed by atoms with Crippen LogP contribution in [0.15, 0.2) is 30.3 Å². The van der Waals surface area contributed by atoms with Gasteiger partial charge in [0.15, 0.2) is 5.13 Å². The summed E-state index contributed by atoms with van der Waals surface area (Å²) in [4.78, 5) is 16.2. The lowest BCUT2D eigenvalue weighted by Crippen LogP contribution is -2.12. The number of fused-ring (bicyclic) bond motifs is 3. The molecule has 0 fully saturated rings. The number of hydrogen-bond donors (Lipinski definition) is 2. The van der Waals surface area contributed by atoms with Crippen LogP contribution >= 0.6 is 11.3 Å². The van der Waals surface area contributed by atoms with E-state index in [9.17, 15) is 4.79 Å². The highest BCUT2D eigenvalue weighted by Gasteiger charge is 2.15. The van der Waals surface area contributed by atoms with E-state index in [1.54, 1.807) is 22.9 Å². The maximum Gasteiger partial charge on any atom is 0.248 e. The van der Waals surface area contributed by atoms with Crippen molar-refractivity contribution in [3.05, 3.63) is 35.9 Å². The molecule has 0 unspecified atom stereocenters. The topological polar surface area (TPSA) is 108 Å². The zero-order valence-electron chi connectivity index (χ0n) is 15.1. The number of aromatic nitrogens is 4. The van der Waals surface area contributed by atoms with Crippen molar-refractivity contribution in [3.63, 3.8) is 0 Å². The van der Waals surface area contributed by atoms with Crippen LogP contribution in [0.25, 0.3) is 21.3 Å². The van der Waals surface area contributed by atoms with Gasteiger partial charge in [0.25, 0.3) is 0 Å². The molecule has 4 rings (SSSR count). The van der Waals surface area contributed by atoms with Crippen molar-refractivity contribution in [2.45, 2.75) is 20.0 Å². The molecule has 138 valence electrons. The predicted octanol–water partition coefficient (Wildman–Crippen LogP) is 3.21. The number of nitrogens with one attached hydrogen (secondary N) is 1. The maximum absolute atomic E-state index is 11.6. The molecule has 0 spiro atoms. The second-order valence-corrected chi connectivity index (χ2v) is 7.41. The standard InChI is InChI=1S/C18H18N6O2S/c1-9(2)26-13-6-4-10(17(19)25)8-11(13)20-18-21-16-14(27-18)7-5-12-15(16)22-23-24(12)3/h4-9H,1-3H3,(H2,19,25)(H,20,21). The van der Waals surface area contributed by atoms with E-state index in [0.29, 0.717) is 22.1 Å². The molecule has 0 aliphatic heterocycles. The van der Waals surface area contributed by atoms with Crippen LogP contribution in [-0.4, -0.2) is 32.0 Å². The van der Waals surface area contributed by atoms with Crippen LogP contribution in [-0.2, 0) is 7.05 Å². The van der Waals surface area contributed by atoms with E-state index in [1.807, 2.05) is 33.0 Å². The van der Waals surface area contributed by atoms with Crippen LogP contribution in [0.5, 0.6) is 5.75 Å². The zero-order chi connectivity index (χ0) is 19.1. The van der Waals surface area contributed by atoms with Gasteiger partial charge >= 0.3 is 0 Å². The van der Waals surface area contributed by atoms with Gasteiger partial charge in [0.2, 0.25) is 5.91 Å². The average Bonchev–Trinajstić information content (AvgIpc) is 3.19. The predicted molar refractivity (Wildman–Crippen MR) is 106 cm³/mol. The highest BCUT2D eigenvalue weighted by Crippen LogP contribution is 2.35. The Labute approximate surface area is 158 Å². The van der Waals surface area contributed by atoms with E-state index in [2.05, 4.69) is 20.6 Å². The minimum atomic E-state index is -0.500. The number of aryl methyl sites for hydroxylation is 1. The van der Waals surface area contributed by atoms with Crippen LogP contribution in [0.2, 0.25) is 0 Å². The summed E-state index contributed by atoms with van der Waals surface area (Å²) in [5, 5.41) is 12.2. The third kappa shape index (κ3) is 3.17. The van der Waals surface area contributed by atoms with Gasteiger partial charge < -0.3 is 15.8 Å². The summed E-state index contributed by atoms with van der Waals surface area (Å²) >= 11 is 1.49. The summed E-state index contributed by atoms with van der Waals surface area (Å²) in [6, 6.07) is 9.02. The molecule has 2 aromatic heterocycles. The maximum atomic E-state index is 11.6. The molecule has 0 atom stereocenters. The van der Waals surface area contributed by atoms with Gasteiger partial charge in [-0.25, -0.2) is 9.67 Å². The fraction of sp³-hybridized carbons (Fsp3) is 0.222. The van der Waals surface area contributed by atoms with Crippen molar-refractivity contribution in [1.29, 1.82) is 0 Å². The van der Waals surface area contributed by atoms with Crippen molar-refractivity contribution in [2.75, 3.05) is 5.32 Å². The van der Waals surface area contributed by atoms with E-state index < -0.39 is 5.91 Å². The van der Waals surface area contributed by atoms with Gasteiger partial charge in [-0.05, 0) is 44.2 Å². The van der Waals surface area contributed by atoms with Gasteiger partial charge in [-0.3, -0.25) is 4.79 Å². The summed E-state index contributed by atoms with van der Waals surface area (Å²) in [6.45, 7) is 3.88. The van der Waals surface area contributed by atoms with E-state index in [0.717, 1.165) is 21.3 Å². The van der Waals surface area contributed by atoms with Gasteiger partial charge in [-0.2, -0.15) is 0 Å². The molecular formula is C18H18N6O2S. The number of nitrogens with two attached hydrogens (primary N) is 1. The smallest absolute Gasteiger partial charge is 0.248 e. The first kappa shape index (κ1) is 17.2. The molecule has 0 aliphatic rings. The average molecular weight is 382 g/mol. The summed E-state index contributed by atoms with van der Waals surface area (Å²) < 4.78 is 8.54. The molecule has 1 amide bonds. The SMILES string of the molecule is CC(C)Oc1ccc(C(N)=O)cc1Nc1nc2c(ccc3c2nnn3C)s1. The molecule has 4 aromatic rings. The highest BCUT2D eigenvalue weighted by molar-refractivity contribution is 7.22. The fourth-order valence-corrected chi connectivity index (χ4v) is 3.68. The molecular weight excluding hydrogens is 364 g/mol. The Morgan fingerprint density at radius 3 is 2.81 bits per heavy atom. The first-order valence-electron chi connectivity index (χ1n) is 8.39. The number of amides is 1. The van der Waals surface area contributed by atoms with Crippen LogP contribution in [0, 0.1) is 0 Å². The number of hydrogen-bond acceptors (Lipinski definition) is 7. The summed E-state index contributed by atoms with van der Waals surface area (Å²) in [5.41, 5.74) is 8.90. The lowest BCUT2D eigenvalue weighted by Gasteiger charge is -2.15. The highest BCUT2D eigenvalue weighted by atomic mass is 32.1. The Kier molecular flexibility index (Phi) is 4.15. The molecule has 0 radical (unpaired) electrons. The Hall–Kier alpha value is -3.20. The largest absolute Gasteiger partial charge is 0.489 e. The lowest BCUT2D eigenvalue weighted by molar-refractivity contribution is 0.100. The molecule has 0 aliphatic carbocycles. The second-order valence-electron chi connectivity index (χ2n) is 6.38. The van der Waals surface area contributed by atoms with Crippen molar-refractivity contribution in [2.24, 2.45) is 12.8 Å². The molecule has 0 bridgehead atoms. The first-order chi connectivity index (χ1) is 12.9. The minimum Gasteiger partial charge on any atom is -0.489 e. The first-order valence-corrected chi connectivity index (χ1v) is 9.20. The lowest BCUT2D eigenvalue weighted by atomic mass is 10.1. The monoisotopic (exact) mass is 382 g/mol. The van der Waals surface area contributed by atoms with E-state index in [-0.39, 0.29) is 6.10 Å². The number of ether oxygens (including phenoxy) is 1. The molecule has 8 nitrogen and oxygen atoms in total. The Balaban J connectivity index is 1.77. The number of primary amides is 1. The fourth-order valence-electron chi connectivity index (χ4n) is 2.80. The van der Waals surface area contributed by atoms with Crippen molar-refractivity contribution in [1.82, 2.24) is 20.0 Å². The summed E-state index contributed by atoms with van der Waals surface area (Å²) in [5.74, 6) is 0.124. The minimum absolute atomic E-state index is 0.0143. The van der Waals surface area contributed by atoms with Crippen molar-refractivity contribution >= 4 is 49.3 Å². The van der Waals surface area contributed by atoms with Gasteiger partial charge in [0.1, 0.15) is 16.8 Å². The van der Waals surface area contributed by atoms with Crippen molar-refractivity contribution < 1.29 is 9.53 Å². The quantitative estimate of drug-likeness (QED) is 0.549. The molecule has 9 heteroatoms. The van der Waals surface area contributed by atoms with Gasteiger partial charge in [-0.1, -0.05) is 16.6 Å². The number of thiazole rings is 1. The zero-order valence-corrected chi connectivity index (χ0v) is 15.9. The molecule has 2 heterocycles. The molecule has 27 heavy (non-hydrogen) atoms. The Morgan fingerprint density at radius 2 is 2.07 bits per heavy atom. The third-order valence-corrected chi connectivity index (χ3v) is 4.94. The van der Waals surface area contributed by atoms with Crippen LogP contribution < -0.4 is 15.8 Å². The summed E-state index contributed by atoms with van der Waals surface area (Å²) in [7, 11) is 1.84. The van der Waals surface area contributed by atoms with Gasteiger partial charge in [-0.15, -0.1) is 5.10 Å². The van der Waals surface area contributed by atoms with Crippen LogP contribution in [0.1, 0.15) is 24.2 Å². The summed E-state index contributed by atoms with van der Waals surface area (Å²) in [6.07, 6.45) is -0.0143. The molecule has 2 aromatic carbocycles. The van der Waals surface area contributed by atoms with Gasteiger partial charge in [0, 0.05) is 12.6 Å². The second kappa shape index (κ2) is 6.51. The van der Waals surface area contributed by atoms with Crippen molar-refractivity contribution in [3.8, 4) is 5.75 Å². The van der Waals surface area contributed by atoms with E-state index >= 15 is 0 Å². The van der Waals surface area contributed by atoms with Crippen LogP contribution in [0.4, 0.5) is 10.8 Å². The number of carbonyl (C=O) groups is 1. The molecule has 3 N–H and O–H groups in total. The Morgan fingerprint density at radius 1 is 1.26 bits per heavy atom. The number of anilines is 2. The number of carbonyl (C=O) groups excluding carboxylic acids is 1. The molecule has 0 saturated carbocycles. The normalized spacial score (nSPS) is 11.4. The Bertz CT molecular complexity index is 1160. The van der Waals surface area contributed by atoms with E-state index in [1.165, 1.54) is 11.3 Å². The molecule has 0 saturated heterocycles. The number of benzene rings is 2.